The van der Waals surface area contributed by atoms with Crippen LogP contribution in [0.4, 0.5) is 0 Å². The fraction of sp³-hybridized carbons (Fsp3) is 0.440. The largest absolute Gasteiger partial charge is 0.344 e. The van der Waals surface area contributed by atoms with Crippen molar-refractivity contribution in [1.29, 1.82) is 0 Å². The number of hydrogen-bond donors (Lipinski definition) is 1. The molecule has 1 N–H and O–H groups in total. The lowest BCUT2D eigenvalue weighted by molar-refractivity contribution is 0.149. The van der Waals surface area contributed by atoms with Crippen molar-refractivity contribution in [2.24, 2.45) is 0 Å². The summed E-state index contributed by atoms with van der Waals surface area (Å²) in [4.78, 5) is 20.3. The van der Waals surface area contributed by atoms with Gasteiger partial charge in [0.25, 0.3) is 0 Å². The van der Waals surface area contributed by atoms with Gasteiger partial charge in [0.2, 0.25) is 0 Å². The lowest BCUT2D eigenvalue weighted by Crippen LogP contribution is -2.45. The summed E-state index contributed by atoms with van der Waals surface area (Å²) in [5.74, 6) is 0. The van der Waals surface area contributed by atoms with Crippen molar-refractivity contribution >= 4 is 26.8 Å². The molecule has 2 aromatic heterocycles. The van der Waals surface area contributed by atoms with Crippen molar-refractivity contribution in [1.82, 2.24) is 19.8 Å². The molecule has 4 rings (SSSR count). The van der Waals surface area contributed by atoms with Crippen LogP contribution in [0.15, 0.2) is 52.0 Å². The Kier molecular flexibility index (Phi) is 6.89. The van der Waals surface area contributed by atoms with Gasteiger partial charge in [0.15, 0.2) is 5.43 Å². The van der Waals surface area contributed by atoms with Crippen molar-refractivity contribution in [2.45, 2.75) is 58.8 Å². The van der Waals surface area contributed by atoms with Crippen LogP contribution in [-0.2, 0) is 13.1 Å². The molecular formula is C25H31BrN4O. The molecule has 0 unspecified atom stereocenters. The minimum absolute atomic E-state index is 0.138. The van der Waals surface area contributed by atoms with E-state index < -0.39 is 0 Å². The van der Waals surface area contributed by atoms with Crippen molar-refractivity contribution in [3.05, 3.63) is 74.2 Å². The second-order valence-electron chi connectivity index (χ2n) is 8.86. The van der Waals surface area contributed by atoms with Crippen LogP contribution in [0, 0.1) is 6.92 Å². The first-order chi connectivity index (χ1) is 14.9. The summed E-state index contributed by atoms with van der Waals surface area (Å²) >= 11 is 3.56. The predicted octanol–water partition coefficient (Wildman–Crippen LogP) is 4.80. The first-order valence-electron chi connectivity index (χ1n) is 11.1. The highest BCUT2D eigenvalue weighted by Gasteiger charge is 2.23. The first kappa shape index (κ1) is 22.2. The molecule has 0 radical (unpaired) electrons. The van der Waals surface area contributed by atoms with E-state index in [0.29, 0.717) is 12.6 Å². The number of rotatable bonds is 6. The number of benzene rings is 1. The number of nitrogens with one attached hydrogen (secondary N) is 1. The SMILES string of the molecule is Cc1cc(CN(Cc2cn(C(C)C)c3cc(Br)ccc3c2=O)[C@H]2CCCNC2)ccn1. The maximum Gasteiger partial charge on any atom is 0.193 e. The topological polar surface area (TPSA) is 50.2 Å². The summed E-state index contributed by atoms with van der Waals surface area (Å²) in [6.07, 6.45) is 6.26. The van der Waals surface area contributed by atoms with Crippen molar-refractivity contribution in [2.75, 3.05) is 13.1 Å². The van der Waals surface area contributed by atoms with Crippen molar-refractivity contribution in [3.8, 4) is 0 Å². The summed E-state index contributed by atoms with van der Waals surface area (Å²) in [5.41, 5.74) is 4.25. The van der Waals surface area contributed by atoms with E-state index in [4.69, 9.17) is 0 Å². The summed E-state index contributed by atoms with van der Waals surface area (Å²) in [5, 5.41) is 4.32. The van der Waals surface area contributed by atoms with Gasteiger partial charge in [0, 0.05) is 65.2 Å². The maximum absolute atomic E-state index is 13.5. The van der Waals surface area contributed by atoms with Gasteiger partial charge in [0.1, 0.15) is 0 Å². The Morgan fingerprint density at radius 2 is 2.10 bits per heavy atom. The van der Waals surface area contributed by atoms with Gasteiger partial charge in [-0.25, -0.2) is 0 Å². The van der Waals surface area contributed by atoms with Gasteiger partial charge in [-0.2, -0.15) is 0 Å². The molecule has 1 aliphatic heterocycles. The summed E-state index contributed by atoms with van der Waals surface area (Å²) in [6, 6.07) is 10.9. The van der Waals surface area contributed by atoms with Crippen LogP contribution < -0.4 is 10.7 Å². The normalized spacial score (nSPS) is 17.0. The summed E-state index contributed by atoms with van der Waals surface area (Å²) in [7, 11) is 0. The zero-order valence-electron chi connectivity index (χ0n) is 18.6. The quantitative estimate of drug-likeness (QED) is 0.547. The number of hydrogen-bond acceptors (Lipinski definition) is 4. The van der Waals surface area contributed by atoms with E-state index in [9.17, 15) is 4.79 Å². The van der Waals surface area contributed by atoms with Gasteiger partial charge in [-0.1, -0.05) is 15.9 Å². The number of halogens is 1. The second kappa shape index (κ2) is 9.63. The Morgan fingerprint density at radius 3 is 2.81 bits per heavy atom. The molecule has 1 saturated heterocycles. The molecular weight excluding hydrogens is 452 g/mol. The van der Waals surface area contributed by atoms with Crippen molar-refractivity contribution < 1.29 is 0 Å². The van der Waals surface area contributed by atoms with Crippen LogP contribution in [0.1, 0.15) is 49.6 Å². The van der Waals surface area contributed by atoms with Gasteiger partial charge >= 0.3 is 0 Å². The zero-order chi connectivity index (χ0) is 22.0. The third-order valence-corrected chi connectivity index (χ3v) is 6.63. The van der Waals surface area contributed by atoms with Crippen LogP contribution in [-0.4, -0.2) is 33.6 Å². The number of aryl methyl sites for hydroxylation is 1. The average Bonchev–Trinajstić information content (AvgIpc) is 2.75. The van der Waals surface area contributed by atoms with E-state index in [1.54, 1.807) is 0 Å². The van der Waals surface area contributed by atoms with Crippen LogP contribution in [0.3, 0.4) is 0 Å². The molecule has 0 bridgehead atoms. The third kappa shape index (κ3) is 5.08. The van der Waals surface area contributed by atoms with Crippen LogP contribution in [0.5, 0.6) is 0 Å². The standard InChI is InChI=1S/C25H31BrN4O/c1-17(2)30-16-20(25(31)23-7-6-21(26)12-24(23)30)15-29(22-5-4-9-27-13-22)14-19-8-10-28-18(3)11-19/h6-8,10-12,16-17,22,27H,4-5,9,13-15H2,1-3H3/t22-/m0/s1. The highest BCUT2D eigenvalue weighted by Crippen LogP contribution is 2.23. The predicted molar refractivity (Wildman–Crippen MR) is 130 cm³/mol. The number of aromatic nitrogens is 2. The third-order valence-electron chi connectivity index (χ3n) is 6.13. The highest BCUT2D eigenvalue weighted by molar-refractivity contribution is 9.10. The lowest BCUT2D eigenvalue weighted by atomic mass is 10.0. The molecule has 164 valence electrons. The molecule has 31 heavy (non-hydrogen) atoms. The van der Waals surface area contributed by atoms with E-state index in [1.165, 1.54) is 12.0 Å². The van der Waals surface area contributed by atoms with Gasteiger partial charge in [-0.15, -0.1) is 0 Å². The molecule has 1 aliphatic rings. The van der Waals surface area contributed by atoms with Gasteiger partial charge in [-0.05, 0) is 76.1 Å². The number of fused-ring (bicyclic) bond motifs is 1. The van der Waals surface area contributed by atoms with Gasteiger partial charge < -0.3 is 9.88 Å². The maximum atomic E-state index is 13.5. The molecule has 0 saturated carbocycles. The van der Waals surface area contributed by atoms with E-state index in [0.717, 1.165) is 52.7 Å². The monoisotopic (exact) mass is 482 g/mol. The number of pyridine rings is 2. The molecule has 3 aromatic rings. The Labute approximate surface area is 192 Å². The highest BCUT2D eigenvalue weighted by atomic mass is 79.9. The Balaban J connectivity index is 1.74. The first-order valence-corrected chi connectivity index (χ1v) is 11.9. The van der Waals surface area contributed by atoms with Crippen LogP contribution in [0.2, 0.25) is 0 Å². The van der Waals surface area contributed by atoms with Crippen LogP contribution in [0.25, 0.3) is 10.9 Å². The molecule has 0 aliphatic carbocycles. The smallest absolute Gasteiger partial charge is 0.193 e. The average molecular weight is 483 g/mol. The Morgan fingerprint density at radius 1 is 1.26 bits per heavy atom. The van der Waals surface area contributed by atoms with E-state index >= 15 is 0 Å². The fourth-order valence-electron chi connectivity index (χ4n) is 4.53. The molecule has 5 nitrogen and oxygen atoms in total. The van der Waals surface area contributed by atoms with E-state index in [1.807, 2.05) is 31.3 Å². The minimum Gasteiger partial charge on any atom is -0.344 e. The Bertz CT molecular complexity index is 1120. The zero-order valence-corrected chi connectivity index (χ0v) is 20.2. The van der Waals surface area contributed by atoms with E-state index in [-0.39, 0.29) is 11.5 Å². The molecule has 0 amide bonds. The molecule has 6 heteroatoms. The van der Waals surface area contributed by atoms with Gasteiger partial charge in [-0.3, -0.25) is 14.7 Å². The minimum atomic E-state index is 0.138. The summed E-state index contributed by atoms with van der Waals surface area (Å²) < 4.78 is 3.22. The molecule has 3 heterocycles. The molecule has 1 fully saturated rings. The van der Waals surface area contributed by atoms with Gasteiger partial charge in [0.05, 0.1) is 5.52 Å². The molecule has 0 spiro atoms. The number of piperidine rings is 1. The fourth-order valence-corrected chi connectivity index (χ4v) is 4.88. The van der Waals surface area contributed by atoms with E-state index in [2.05, 4.69) is 67.9 Å². The summed E-state index contributed by atoms with van der Waals surface area (Å²) in [6.45, 7) is 9.85. The molecule has 1 aromatic carbocycles. The Hall–Kier alpha value is -2.02. The molecule has 1 atom stereocenters. The van der Waals surface area contributed by atoms with Crippen molar-refractivity contribution in [3.63, 3.8) is 0 Å². The lowest BCUT2D eigenvalue weighted by Gasteiger charge is -2.35. The number of nitrogens with zero attached hydrogens (tertiary/aromatic N) is 3. The van der Waals surface area contributed by atoms with Crippen LogP contribution >= 0.6 is 15.9 Å². The second-order valence-corrected chi connectivity index (χ2v) is 9.77.